The van der Waals surface area contributed by atoms with Gasteiger partial charge >= 0.3 is 0 Å². The largest absolute Gasteiger partial charge is 0.462 e. The maximum Gasteiger partial charge on any atom is 0.271 e. The third kappa shape index (κ3) is 2.96. The van der Waals surface area contributed by atoms with Gasteiger partial charge in [-0.15, -0.1) is 11.3 Å². The normalized spacial score (nSPS) is 12.4. The SMILES string of the molecule is Cc1sc(-c2ccco2)nc1C(=O)N[C@@H](C)c1cc2ccccc2o1. The predicted molar refractivity (Wildman–Crippen MR) is 96.6 cm³/mol. The van der Waals surface area contributed by atoms with Crippen molar-refractivity contribution in [2.24, 2.45) is 0 Å². The van der Waals surface area contributed by atoms with Crippen molar-refractivity contribution in [1.82, 2.24) is 10.3 Å². The molecule has 3 heterocycles. The fourth-order valence-electron chi connectivity index (χ4n) is 2.66. The minimum atomic E-state index is -0.256. The Kier molecular flexibility index (Phi) is 3.89. The number of carbonyl (C=O) groups is 1. The van der Waals surface area contributed by atoms with Gasteiger partial charge in [-0.2, -0.15) is 0 Å². The number of nitrogens with zero attached hydrogens (tertiary/aromatic N) is 1. The molecule has 25 heavy (non-hydrogen) atoms. The molecule has 0 bridgehead atoms. The summed E-state index contributed by atoms with van der Waals surface area (Å²) in [5, 5.41) is 4.67. The van der Waals surface area contributed by atoms with Crippen molar-refractivity contribution < 1.29 is 13.6 Å². The van der Waals surface area contributed by atoms with Crippen molar-refractivity contribution in [2.75, 3.05) is 0 Å². The fraction of sp³-hybridized carbons (Fsp3) is 0.158. The summed E-state index contributed by atoms with van der Waals surface area (Å²) in [5.74, 6) is 1.16. The average Bonchev–Trinajstić information content (AvgIpc) is 3.33. The zero-order valence-electron chi connectivity index (χ0n) is 13.8. The highest BCUT2D eigenvalue weighted by Gasteiger charge is 2.21. The second-order valence-electron chi connectivity index (χ2n) is 5.78. The van der Waals surface area contributed by atoms with Crippen molar-refractivity contribution in [1.29, 1.82) is 0 Å². The minimum Gasteiger partial charge on any atom is -0.462 e. The summed E-state index contributed by atoms with van der Waals surface area (Å²) in [6.45, 7) is 3.77. The van der Waals surface area contributed by atoms with Crippen molar-refractivity contribution in [3.05, 3.63) is 65.1 Å². The number of thiazole rings is 1. The van der Waals surface area contributed by atoms with Gasteiger partial charge in [0.2, 0.25) is 0 Å². The van der Waals surface area contributed by atoms with Crippen molar-refractivity contribution in [3.63, 3.8) is 0 Å². The average molecular weight is 352 g/mol. The van der Waals surface area contributed by atoms with E-state index >= 15 is 0 Å². The van der Waals surface area contributed by atoms with E-state index in [4.69, 9.17) is 8.83 Å². The van der Waals surface area contributed by atoms with Crippen LogP contribution in [0.4, 0.5) is 0 Å². The van der Waals surface area contributed by atoms with E-state index in [0.717, 1.165) is 15.8 Å². The minimum absolute atomic E-state index is 0.223. The number of benzene rings is 1. The molecule has 0 unspecified atom stereocenters. The van der Waals surface area contributed by atoms with Crippen molar-refractivity contribution in [2.45, 2.75) is 19.9 Å². The van der Waals surface area contributed by atoms with Gasteiger partial charge in [0.25, 0.3) is 5.91 Å². The topological polar surface area (TPSA) is 68.3 Å². The van der Waals surface area contributed by atoms with Gasteiger partial charge in [0.05, 0.1) is 12.3 Å². The van der Waals surface area contributed by atoms with Crippen molar-refractivity contribution in [3.8, 4) is 10.8 Å². The molecule has 0 aliphatic heterocycles. The van der Waals surface area contributed by atoms with Crippen molar-refractivity contribution >= 4 is 28.2 Å². The van der Waals surface area contributed by atoms with Crippen LogP contribution in [-0.2, 0) is 0 Å². The van der Waals surface area contributed by atoms with E-state index in [-0.39, 0.29) is 11.9 Å². The molecule has 5 nitrogen and oxygen atoms in total. The van der Waals surface area contributed by atoms with Gasteiger partial charge in [-0.25, -0.2) is 4.98 Å². The quantitative estimate of drug-likeness (QED) is 0.564. The maximum absolute atomic E-state index is 12.6. The summed E-state index contributed by atoms with van der Waals surface area (Å²) in [6.07, 6.45) is 1.59. The van der Waals surface area contributed by atoms with E-state index in [2.05, 4.69) is 10.3 Å². The smallest absolute Gasteiger partial charge is 0.271 e. The molecule has 0 aliphatic rings. The van der Waals surface area contributed by atoms with E-state index in [1.54, 1.807) is 12.3 Å². The number of fused-ring (bicyclic) bond motifs is 1. The standard InChI is InChI=1S/C19H16N2O3S/c1-11(16-10-13-6-3-4-7-14(13)24-16)20-18(22)17-12(2)25-19(21-17)15-8-5-9-23-15/h3-11H,1-2H3,(H,20,22)/t11-/m0/s1. The van der Waals surface area contributed by atoms with Crippen LogP contribution in [0, 0.1) is 6.92 Å². The number of rotatable bonds is 4. The highest BCUT2D eigenvalue weighted by molar-refractivity contribution is 7.15. The summed E-state index contributed by atoms with van der Waals surface area (Å²) in [4.78, 5) is 17.9. The molecular formula is C19H16N2O3S. The number of carbonyl (C=O) groups excluding carboxylic acids is 1. The lowest BCUT2D eigenvalue weighted by Gasteiger charge is -2.10. The Bertz CT molecular complexity index is 997. The van der Waals surface area contributed by atoms with Gasteiger partial charge in [0, 0.05) is 10.3 Å². The second-order valence-corrected chi connectivity index (χ2v) is 6.99. The number of hydrogen-bond acceptors (Lipinski definition) is 5. The molecule has 1 aromatic carbocycles. The van der Waals surface area contributed by atoms with Gasteiger partial charge < -0.3 is 14.2 Å². The van der Waals surface area contributed by atoms with Crippen LogP contribution in [0.1, 0.15) is 34.1 Å². The Morgan fingerprint density at radius 2 is 2.08 bits per heavy atom. The summed E-state index contributed by atoms with van der Waals surface area (Å²) in [7, 11) is 0. The molecular weight excluding hydrogens is 336 g/mol. The van der Waals surface area contributed by atoms with E-state index in [1.165, 1.54) is 11.3 Å². The lowest BCUT2D eigenvalue weighted by atomic mass is 10.2. The number of aryl methyl sites for hydroxylation is 1. The zero-order chi connectivity index (χ0) is 17.4. The van der Waals surface area contributed by atoms with Gasteiger partial charge in [-0.05, 0) is 38.1 Å². The first kappa shape index (κ1) is 15.7. The summed E-state index contributed by atoms with van der Waals surface area (Å²) >= 11 is 1.44. The number of aromatic nitrogens is 1. The highest BCUT2D eigenvalue weighted by atomic mass is 32.1. The first-order chi connectivity index (χ1) is 12.1. The predicted octanol–water partition coefficient (Wildman–Crippen LogP) is 4.95. The highest BCUT2D eigenvalue weighted by Crippen LogP contribution is 2.29. The monoisotopic (exact) mass is 352 g/mol. The van der Waals surface area contributed by atoms with Gasteiger partial charge in [-0.1, -0.05) is 18.2 Å². The van der Waals surface area contributed by atoms with E-state index < -0.39 is 0 Å². The van der Waals surface area contributed by atoms with Crippen LogP contribution in [-0.4, -0.2) is 10.9 Å². The Hall–Kier alpha value is -2.86. The van der Waals surface area contributed by atoms with Crippen LogP contribution < -0.4 is 5.32 Å². The summed E-state index contributed by atoms with van der Waals surface area (Å²) in [5.41, 5.74) is 1.22. The van der Waals surface area contributed by atoms with Gasteiger partial charge in [0.15, 0.2) is 10.8 Å². The van der Waals surface area contributed by atoms with Crippen LogP contribution in [0.3, 0.4) is 0 Å². The van der Waals surface area contributed by atoms with Crippen LogP contribution in [0.15, 0.2) is 57.6 Å². The second kappa shape index (κ2) is 6.22. The molecule has 0 saturated heterocycles. The van der Waals surface area contributed by atoms with Crippen LogP contribution in [0.2, 0.25) is 0 Å². The molecule has 0 fully saturated rings. The lowest BCUT2D eigenvalue weighted by Crippen LogP contribution is -2.27. The molecule has 6 heteroatoms. The van der Waals surface area contributed by atoms with E-state index in [1.807, 2.05) is 50.2 Å². The number of nitrogens with one attached hydrogen (secondary N) is 1. The molecule has 1 atom stereocenters. The third-order valence-electron chi connectivity index (χ3n) is 3.96. The fourth-order valence-corrected chi connectivity index (χ4v) is 3.54. The Labute approximate surface area is 148 Å². The molecule has 4 aromatic rings. The first-order valence-electron chi connectivity index (χ1n) is 7.92. The molecule has 0 radical (unpaired) electrons. The molecule has 0 spiro atoms. The maximum atomic E-state index is 12.6. The molecule has 1 amide bonds. The molecule has 126 valence electrons. The first-order valence-corrected chi connectivity index (χ1v) is 8.74. The van der Waals surface area contributed by atoms with Crippen LogP contribution in [0.25, 0.3) is 21.7 Å². The Balaban J connectivity index is 1.55. The molecule has 4 rings (SSSR count). The summed E-state index contributed by atoms with van der Waals surface area (Å²) in [6, 6.07) is 13.1. The van der Waals surface area contributed by atoms with Gasteiger partial charge in [0.1, 0.15) is 17.0 Å². The summed E-state index contributed by atoms with van der Waals surface area (Å²) < 4.78 is 11.2. The van der Waals surface area contributed by atoms with E-state index in [9.17, 15) is 4.79 Å². The Morgan fingerprint density at radius 3 is 2.84 bits per heavy atom. The molecule has 1 N–H and O–H groups in total. The number of para-hydroxylation sites is 1. The molecule has 0 saturated carbocycles. The van der Waals surface area contributed by atoms with Crippen LogP contribution >= 0.6 is 11.3 Å². The molecule has 3 aromatic heterocycles. The number of hydrogen-bond donors (Lipinski definition) is 1. The van der Waals surface area contributed by atoms with E-state index in [0.29, 0.717) is 22.2 Å². The lowest BCUT2D eigenvalue weighted by molar-refractivity contribution is 0.0931. The zero-order valence-corrected chi connectivity index (χ0v) is 14.6. The molecule has 0 aliphatic carbocycles. The van der Waals surface area contributed by atoms with Crippen LogP contribution in [0.5, 0.6) is 0 Å². The third-order valence-corrected chi connectivity index (χ3v) is 4.95. The Morgan fingerprint density at radius 1 is 1.24 bits per heavy atom. The van der Waals surface area contributed by atoms with Gasteiger partial charge in [-0.3, -0.25) is 4.79 Å². The number of amides is 1. The number of furan rings is 2.